The van der Waals surface area contributed by atoms with Gasteiger partial charge in [-0.2, -0.15) is 0 Å². The normalized spacial score (nSPS) is 10.4. The first-order valence-electron chi connectivity index (χ1n) is 5.24. The molecular weight excluding hydrogens is 258 g/mol. The van der Waals surface area contributed by atoms with Gasteiger partial charge in [0.25, 0.3) is 0 Å². The standard InChI is InChI=1S/C14H9ClF2O/c1-8-4-9(6-10(15)5-8)14(18)12-7-11(16)2-3-13(12)17/h2-7H,1H3. The molecule has 0 aliphatic rings. The Kier molecular flexibility index (Phi) is 3.43. The lowest BCUT2D eigenvalue weighted by Gasteiger charge is -2.05. The molecule has 0 saturated heterocycles. The Labute approximate surface area is 108 Å². The van der Waals surface area contributed by atoms with Crippen molar-refractivity contribution >= 4 is 17.4 Å². The Morgan fingerprint density at radius 3 is 2.50 bits per heavy atom. The van der Waals surface area contributed by atoms with E-state index in [-0.39, 0.29) is 11.1 Å². The summed E-state index contributed by atoms with van der Waals surface area (Å²) in [5, 5.41) is 0.384. The van der Waals surface area contributed by atoms with Gasteiger partial charge < -0.3 is 0 Å². The molecule has 0 amide bonds. The van der Waals surface area contributed by atoms with Gasteiger partial charge in [-0.15, -0.1) is 0 Å². The maximum Gasteiger partial charge on any atom is 0.196 e. The lowest BCUT2D eigenvalue weighted by Crippen LogP contribution is -2.05. The second kappa shape index (κ2) is 4.86. The Hall–Kier alpha value is -1.74. The first-order valence-corrected chi connectivity index (χ1v) is 5.62. The molecule has 0 bridgehead atoms. The molecule has 0 aliphatic heterocycles. The zero-order valence-electron chi connectivity index (χ0n) is 9.51. The largest absolute Gasteiger partial charge is 0.288 e. The number of hydrogen-bond acceptors (Lipinski definition) is 1. The van der Waals surface area contributed by atoms with E-state index in [1.807, 2.05) is 0 Å². The van der Waals surface area contributed by atoms with Crippen LogP contribution in [0.2, 0.25) is 5.02 Å². The lowest BCUT2D eigenvalue weighted by atomic mass is 10.0. The van der Waals surface area contributed by atoms with Crippen LogP contribution >= 0.6 is 11.6 Å². The van der Waals surface area contributed by atoms with Gasteiger partial charge in [0.1, 0.15) is 11.6 Å². The third-order valence-corrected chi connectivity index (χ3v) is 2.70. The number of aryl methyl sites for hydroxylation is 1. The lowest BCUT2D eigenvalue weighted by molar-refractivity contribution is 0.103. The molecular formula is C14H9ClF2O. The van der Waals surface area contributed by atoms with Crippen LogP contribution < -0.4 is 0 Å². The second-order valence-corrected chi connectivity index (χ2v) is 4.41. The monoisotopic (exact) mass is 266 g/mol. The smallest absolute Gasteiger partial charge is 0.196 e. The predicted octanol–water partition coefficient (Wildman–Crippen LogP) is 4.16. The van der Waals surface area contributed by atoms with Crippen molar-refractivity contribution in [3.63, 3.8) is 0 Å². The van der Waals surface area contributed by atoms with Gasteiger partial charge in [-0.1, -0.05) is 11.6 Å². The van der Waals surface area contributed by atoms with Gasteiger partial charge in [-0.05, 0) is 48.9 Å². The number of ketones is 1. The van der Waals surface area contributed by atoms with Crippen LogP contribution in [0.25, 0.3) is 0 Å². The number of halogens is 3. The van der Waals surface area contributed by atoms with Gasteiger partial charge in [0.05, 0.1) is 5.56 Å². The maximum atomic E-state index is 13.5. The van der Waals surface area contributed by atoms with E-state index in [2.05, 4.69) is 0 Å². The van der Waals surface area contributed by atoms with Crippen LogP contribution in [-0.4, -0.2) is 5.78 Å². The average Bonchev–Trinajstić information content (AvgIpc) is 2.30. The van der Waals surface area contributed by atoms with Crippen LogP contribution in [0.4, 0.5) is 8.78 Å². The SMILES string of the molecule is Cc1cc(Cl)cc(C(=O)c2cc(F)ccc2F)c1. The van der Waals surface area contributed by atoms with Crippen molar-refractivity contribution in [2.75, 3.05) is 0 Å². The summed E-state index contributed by atoms with van der Waals surface area (Å²) >= 11 is 5.83. The molecule has 2 rings (SSSR count). The topological polar surface area (TPSA) is 17.1 Å². The van der Waals surface area contributed by atoms with Crippen LogP contribution in [0.15, 0.2) is 36.4 Å². The van der Waals surface area contributed by atoms with Crippen LogP contribution in [0.3, 0.4) is 0 Å². The summed E-state index contributed by atoms with van der Waals surface area (Å²) in [5.74, 6) is -1.99. The molecule has 0 fully saturated rings. The van der Waals surface area contributed by atoms with Gasteiger partial charge in [-0.25, -0.2) is 8.78 Å². The molecule has 0 N–H and O–H groups in total. The molecule has 0 radical (unpaired) electrons. The Morgan fingerprint density at radius 2 is 1.83 bits per heavy atom. The molecule has 0 aliphatic carbocycles. The second-order valence-electron chi connectivity index (χ2n) is 3.97. The minimum absolute atomic E-state index is 0.240. The minimum atomic E-state index is -0.751. The summed E-state index contributed by atoms with van der Waals surface area (Å²) in [7, 11) is 0. The van der Waals surface area contributed by atoms with Gasteiger partial charge in [-0.3, -0.25) is 4.79 Å². The van der Waals surface area contributed by atoms with E-state index < -0.39 is 17.4 Å². The van der Waals surface area contributed by atoms with Gasteiger partial charge in [0, 0.05) is 10.6 Å². The van der Waals surface area contributed by atoms with Crippen LogP contribution in [0, 0.1) is 18.6 Å². The molecule has 2 aromatic carbocycles. The number of carbonyl (C=O) groups is 1. The summed E-state index contributed by atoms with van der Waals surface area (Å²) in [5.41, 5.74) is 0.726. The Balaban J connectivity index is 2.51. The van der Waals surface area contributed by atoms with Crippen molar-refractivity contribution in [2.45, 2.75) is 6.92 Å². The number of carbonyl (C=O) groups excluding carboxylic acids is 1. The molecule has 1 nitrogen and oxygen atoms in total. The summed E-state index contributed by atoms with van der Waals surface area (Å²) in [6, 6.07) is 7.48. The summed E-state index contributed by atoms with van der Waals surface area (Å²) < 4.78 is 26.5. The third kappa shape index (κ3) is 2.57. The number of hydrogen-bond donors (Lipinski definition) is 0. The fraction of sp³-hybridized carbons (Fsp3) is 0.0714. The Bertz CT molecular complexity index is 603. The van der Waals surface area contributed by atoms with E-state index in [4.69, 9.17) is 11.6 Å². The fourth-order valence-electron chi connectivity index (χ4n) is 1.69. The van der Waals surface area contributed by atoms with Crippen LogP contribution in [0.1, 0.15) is 21.5 Å². The highest BCUT2D eigenvalue weighted by Gasteiger charge is 2.15. The first-order chi connectivity index (χ1) is 8.47. The van der Waals surface area contributed by atoms with E-state index in [1.54, 1.807) is 19.1 Å². The molecule has 0 saturated carbocycles. The van der Waals surface area contributed by atoms with E-state index in [9.17, 15) is 13.6 Å². The predicted molar refractivity (Wildman–Crippen MR) is 66.0 cm³/mol. The summed E-state index contributed by atoms with van der Waals surface area (Å²) in [6.45, 7) is 1.77. The number of benzene rings is 2. The molecule has 0 unspecified atom stereocenters. The molecule has 18 heavy (non-hydrogen) atoms. The maximum absolute atomic E-state index is 13.5. The van der Waals surface area contributed by atoms with Gasteiger partial charge >= 0.3 is 0 Å². The molecule has 2 aromatic rings. The van der Waals surface area contributed by atoms with Crippen molar-refractivity contribution in [1.29, 1.82) is 0 Å². The van der Waals surface area contributed by atoms with Crippen molar-refractivity contribution in [3.8, 4) is 0 Å². The molecule has 0 aromatic heterocycles. The van der Waals surface area contributed by atoms with Gasteiger partial charge in [0.15, 0.2) is 5.78 Å². The third-order valence-electron chi connectivity index (χ3n) is 2.48. The van der Waals surface area contributed by atoms with E-state index in [0.717, 1.165) is 23.8 Å². The zero-order chi connectivity index (χ0) is 13.3. The molecule has 92 valence electrons. The molecule has 0 heterocycles. The highest BCUT2D eigenvalue weighted by atomic mass is 35.5. The van der Waals surface area contributed by atoms with Crippen molar-refractivity contribution in [2.24, 2.45) is 0 Å². The Morgan fingerprint density at radius 1 is 1.11 bits per heavy atom. The molecule has 0 atom stereocenters. The molecule has 0 spiro atoms. The summed E-state index contributed by atoms with van der Waals surface area (Å²) in [4.78, 5) is 12.1. The van der Waals surface area contributed by atoms with Crippen LogP contribution in [0.5, 0.6) is 0 Å². The van der Waals surface area contributed by atoms with E-state index in [1.165, 1.54) is 6.07 Å². The van der Waals surface area contributed by atoms with Gasteiger partial charge in [0.2, 0.25) is 0 Å². The van der Waals surface area contributed by atoms with Crippen molar-refractivity contribution in [1.82, 2.24) is 0 Å². The van der Waals surface area contributed by atoms with E-state index >= 15 is 0 Å². The fourth-order valence-corrected chi connectivity index (χ4v) is 1.98. The minimum Gasteiger partial charge on any atom is -0.288 e. The zero-order valence-corrected chi connectivity index (χ0v) is 10.3. The average molecular weight is 267 g/mol. The number of rotatable bonds is 2. The van der Waals surface area contributed by atoms with Crippen molar-refractivity contribution in [3.05, 3.63) is 69.7 Å². The molecule has 4 heteroatoms. The highest BCUT2D eigenvalue weighted by Crippen LogP contribution is 2.19. The van der Waals surface area contributed by atoms with E-state index in [0.29, 0.717) is 5.02 Å². The highest BCUT2D eigenvalue weighted by molar-refractivity contribution is 6.31. The quantitative estimate of drug-likeness (QED) is 0.746. The summed E-state index contributed by atoms with van der Waals surface area (Å²) in [6.07, 6.45) is 0. The van der Waals surface area contributed by atoms with Crippen molar-refractivity contribution < 1.29 is 13.6 Å². The first kappa shape index (κ1) is 12.7. The van der Waals surface area contributed by atoms with Crippen LogP contribution in [-0.2, 0) is 0 Å².